The third kappa shape index (κ3) is 4.42. The molecule has 1 aromatic carbocycles. The van der Waals surface area contributed by atoms with Gasteiger partial charge in [0.15, 0.2) is 5.60 Å². The first kappa shape index (κ1) is 19.5. The number of carboxylic acids is 1. The molecule has 1 aliphatic rings. The Labute approximate surface area is 154 Å². The van der Waals surface area contributed by atoms with E-state index in [4.69, 9.17) is 28.3 Å². The summed E-state index contributed by atoms with van der Waals surface area (Å²) in [4.78, 5) is 37.3. The highest BCUT2D eigenvalue weighted by Crippen LogP contribution is 2.26. The molecule has 0 aliphatic carbocycles. The average Bonchev–Trinajstić information content (AvgIpc) is 3.03. The van der Waals surface area contributed by atoms with E-state index in [1.165, 1.54) is 17.0 Å². The number of aliphatic carboxylic acids is 1. The van der Waals surface area contributed by atoms with Crippen LogP contribution in [0.3, 0.4) is 0 Å². The van der Waals surface area contributed by atoms with Crippen LogP contribution in [0.4, 0.5) is 0 Å². The van der Waals surface area contributed by atoms with Gasteiger partial charge in [0.05, 0.1) is 17.1 Å². The lowest BCUT2D eigenvalue weighted by Crippen LogP contribution is -2.52. The van der Waals surface area contributed by atoms with Crippen LogP contribution < -0.4 is 5.32 Å². The molecule has 0 bridgehead atoms. The lowest BCUT2D eigenvalue weighted by molar-refractivity contribution is -0.156. The van der Waals surface area contributed by atoms with Crippen molar-refractivity contribution < 1.29 is 24.6 Å². The minimum absolute atomic E-state index is 0.200. The molecule has 25 heavy (non-hydrogen) atoms. The van der Waals surface area contributed by atoms with E-state index in [9.17, 15) is 19.5 Å². The Morgan fingerprint density at radius 1 is 1.36 bits per heavy atom. The van der Waals surface area contributed by atoms with Crippen molar-refractivity contribution in [2.24, 2.45) is 0 Å². The van der Waals surface area contributed by atoms with Crippen LogP contribution in [0.5, 0.6) is 0 Å². The molecule has 3 N–H and O–H groups in total. The highest BCUT2D eigenvalue weighted by Gasteiger charge is 2.37. The third-order valence-electron chi connectivity index (χ3n) is 4.04. The highest BCUT2D eigenvalue weighted by molar-refractivity contribution is 6.35. The number of rotatable bonds is 5. The number of nitrogens with zero attached hydrogens (tertiary/aromatic N) is 1. The van der Waals surface area contributed by atoms with Gasteiger partial charge in [-0.3, -0.25) is 9.59 Å². The molecule has 0 spiro atoms. The molecule has 1 heterocycles. The zero-order chi connectivity index (χ0) is 18.8. The van der Waals surface area contributed by atoms with Crippen molar-refractivity contribution >= 4 is 41.0 Å². The van der Waals surface area contributed by atoms with Crippen LogP contribution in [-0.4, -0.2) is 57.6 Å². The Morgan fingerprint density at radius 2 is 2.04 bits per heavy atom. The normalized spacial score (nSPS) is 19.4. The van der Waals surface area contributed by atoms with Gasteiger partial charge in [-0.05, 0) is 38.0 Å². The van der Waals surface area contributed by atoms with Crippen molar-refractivity contribution in [3.05, 3.63) is 33.8 Å². The fourth-order valence-electron chi connectivity index (χ4n) is 2.55. The van der Waals surface area contributed by atoms with E-state index >= 15 is 0 Å². The Kier molecular flexibility index (Phi) is 5.92. The monoisotopic (exact) mass is 388 g/mol. The molecule has 0 radical (unpaired) electrons. The summed E-state index contributed by atoms with van der Waals surface area (Å²) in [5.41, 5.74) is -1.88. The van der Waals surface area contributed by atoms with Crippen molar-refractivity contribution in [2.45, 2.75) is 31.4 Å². The van der Waals surface area contributed by atoms with E-state index in [2.05, 4.69) is 5.32 Å². The zero-order valence-corrected chi connectivity index (χ0v) is 15.0. The smallest absolute Gasteiger partial charge is 0.337 e. The summed E-state index contributed by atoms with van der Waals surface area (Å²) in [6.07, 6.45) is 1.06. The van der Waals surface area contributed by atoms with Crippen LogP contribution in [0.2, 0.25) is 10.0 Å². The molecule has 1 aliphatic heterocycles. The average molecular weight is 389 g/mol. The molecule has 0 aromatic heterocycles. The molecule has 136 valence electrons. The summed E-state index contributed by atoms with van der Waals surface area (Å²) < 4.78 is 0. The fourth-order valence-corrected chi connectivity index (χ4v) is 2.92. The highest BCUT2D eigenvalue weighted by atomic mass is 35.5. The number of benzene rings is 1. The fraction of sp³-hybridized carbons (Fsp3) is 0.438. The number of aliphatic hydroxyl groups is 1. The maximum absolute atomic E-state index is 12.7. The number of carbonyl (C=O) groups excluding carboxylic acids is 2. The topological polar surface area (TPSA) is 107 Å². The summed E-state index contributed by atoms with van der Waals surface area (Å²) in [6, 6.07) is 3.75. The molecular weight excluding hydrogens is 371 g/mol. The summed E-state index contributed by atoms with van der Waals surface area (Å²) >= 11 is 12.0. The van der Waals surface area contributed by atoms with Crippen molar-refractivity contribution in [3.8, 4) is 0 Å². The quantitative estimate of drug-likeness (QED) is 0.709. The molecule has 2 atom stereocenters. The Bertz CT molecular complexity index is 708. The number of hydrogen-bond donors (Lipinski definition) is 3. The van der Waals surface area contributed by atoms with E-state index in [-0.39, 0.29) is 10.6 Å². The van der Waals surface area contributed by atoms with Crippen molar-refractivity contribution in [1.29, 1.82) is 0 Å². The van der Waals surface area contributed by atoms with Gasteiger partial charge in [-0.25, -0.2) is 4.79 Å². The number of nitrogens with one attached hydrogen (secondary N) is 1. The number of carbonyl (C=O) groups is 3. The molecule has 0 saturated carbocycles. The van der Waals surface area contributed by atoms with Gasteiger partial charge in [0.1, 0.15) is 6.04 Å². The molecule has 7 nitrogen and oxygen atoms in total. The van der Waals surface area contributed by atoms with Gasteiger partial charge in [0.2, 0.25) is 5.91 Å². The third-order valence-corrected chi connectivity index (χ3v) is 4.61. The van der Waals surface area contributed by atoms with Crippen LogP contribution >= 0.6 is 23.2 Å². The second kappa shape index (κ2) is 7.59. The zero-order valence-electron chi connectivity index (χ0n) is 13.5. The number of hydrogen-bond acceptors (Lipinski definition) is 4. The second-order valence-electron chi connectivity index (χ2n) is 6.08. The second-order valence-corrected chi connectivity index (χ2v) is 6.92. The largest absolute Gasteiger partial charge is 0.479 e. The predicted octanol–water partition coefficient (Wildman–Crippen LogP) is 1.55. The van der Waals surface area contributed by atoms with E-state index in [1.807, 2.05) is 0 Å². The molecular formula is C16H18Cl2N2O5. The number of likely N-dealkylation sites (tertiary alicyclic amines) is 1. The minimum atomic E-state index is -2.08. The molecule has 1 saturated heterocycles. The maximum Gasteiger partial charge on any atom is 0.337 e. The van der Waals surface area contributed by atoms with E-state index in [0.29, 0.717) is 24.4 Å². The van der Waals surface area contributed by atoms with E-state index in [1.54, 1.807) is 6.07 Å². The van der Waals surface area contributed by atoms with Gasteiger partial charge in [0, 0.05) is 11.6 Å². The summed E-state index contributed by atoms with van der Waals surface area (Å²) in [5, 5.41) is 21.5. The number of halogens is 2. The van der Waals surface area contributed by atoms with Crippen LogP contribution in [0, 0.1) is 0 Å². The molecule has 2 amide bonds. The summed E-state index contributed by atoms with van der Waals surface area (Å²) in [5.74, 6) is -2.39. The van der Waals surface area contributed by atoms with Gasteiger partial charge in [-0.2, -0.15) is 0 Å². The minimum Gasteiger partial charge on any atom is -0.479 e. The summed E-state index contributed by atoms with van der Waals surface area (Å²) in [7, 11) is 0. The SMILES string of the molecule is CC(O)(CNC(=O)C1CCCN1C(=O)c1cc(Cl)ccc1Cl)C(=O)O. The van der Waals surface area contributed by atoms with Gasteiger partial charge >= 0.3 is 5.97 Å². The standard InChI is InChI=1S/C16H18Cl2N2O5/c1-16(25,15(23)24)8-19-13(21)12-3-2-6-20(12)14(22)10-7-9(17)4-5-11(10)18/h4-5,7,12,25H,2-3,6,8H2,1H3,(H,19,21)(H,23,24). The first-order valence-electron chi connectivity index (χ1n) is 7.63. The molecule has 9 heteroatoms. The number of amides is 2. The van der Waals surface area contributed by atoms with Crippen molar-refractivity contribution in [3.63, 3.8) is 0 Å². The lowest BCUT2D eigenvalue weighted by Gasteiger charge is -2.26. The lowest BCUT2D eigenvalue weighted by atomic mass is 10.1. The first-order valence-corrected chi connectivity index (χ1v) is 8.38. The molecule has 1 aromatic rings. The van der Waals surface area contributed by atoms with Gasteiger partial charge < -0.3 is 20.4 Å². The van der Waals surface area contributed by atoms with Crippen LogP contribution in [0.15, 0.2) is 18.2 Å². The molecule has 1 fully saturated rings. The maximum atomic E-state index is 12.7. The van der Waals surface area contributed by atoms with Gasteiger partial charge in [0.25, 0.3) is 5.91 Å². The molecule has 2 rings (SSSR count). The van der Waals surface area contributed by atoms with E-state index < -0.39 is 36.0 Å². The van der Waals surface area contributed by atoms with E-state index in [0.717, 1.165) is 6.92 Å². The Morgan fingerprint density at radius 3 is 2.68 bits per heavy atom. The molecule has 2 unspecified atom stereocenters. The van der Waals surface area contributed by atoms with Crippen molar-refractivity contribution in [1.82, 2.24) is 10.2 Å². The summed E-state index contributed by atoms with van der Waals surface area (Å²) in [6.45, 7) is 0.992. The van der Waals surface area contributed by atoms with Crippen LogP contribution in [-0.2, 0) is 9.59 Å². The Balaban J connectivity index is 2.11. The van der Waals surface area contributed by atoms with Gasteiger partial charge in [-0.15, -0.1) is 0 Å². The number of carboxylic acid groups (broad SMARTS) is 1. The van der Waals surface area contributed by atoms with Crippen LogP contribution in [0.1, 0.15) is 30.1 Å². The van der Waals surface area contributed by atoms with Crippen molar-refractivity contribution in [2.75, 3.05) is 13.1 Å². The predicted molar refractivity (Wildman–Crippen MR) is 91.8 cm³/mol. The van der Waals surface area contributed by atoms with Gasteiger partial charge in [-0.1, -0.05) is 23.2 Å². The Hall–Kier alpha value is -1.83. The van der Waals surface area contributed by atoms with Crippen LogP contribution in [0.25, 0.3) is 0 Å². The first-order chi connectivity index (χ1) is 11.6.